The topological polar surface area (TPSA) is 100 Å². The van der Waals surface area contributed by atoms with E-state index in [0.29, 0.717) is 43.1 Å². The number of anilines is 1. The van der Waals surface area contributed by atoms with E-state index in [1.54, 1.807) is 18.2 Å². The van der Waals surface area contributed by atoms with Gasteiger partial charge in [-0.25, -0.2) is 4.39 Å². The van der Waals surface area contributed by atoms with Crippen molar-refractivity contribution >= 4 is 40.7 Å². The van der Waals surface area contributed by atoms with Gasteiger partial charge in [0.15, 0.2) is 12.7 Å². The van der Waals surface area contributed by atoms with Gasteiger partial charge < -0.3 is 30.1 Å². The summed E-state index contributed by atoms with van der Waals surface area (Å²) in [5, 5.41) is 17.1. The van der Waals surface area contributed by atoms with Crippen molar-refractivity contribution < 1.29 is 28.6 Å². The number of nitrogens with one attached hydrogen (secondary N) is 2. The molecule has 37 heavy (non-hydrogen) atoms. The highest BCUT2D eigenvalue weighted by atomic mass is 35.5. The fraction of sp³-hybridized carbons (Fsp3) is 0.462. The molecule has 1 aliphatic heterocycles. The highest BCUT2D eigenvalue weighted by Gasteiger charge is 2.69. The molecule has 11 heteroatoms. The van der Waals surface area contributed by atoms with Gasteiger partial charge in [-0.05, 0) is 62.4 Å². The number of hydrogen-bond acceptors (Lipinski definition) is 6. The molecule has 4 aliphatic carbocycles. The highest BCUT2D eigenvalue weighted by Crippen LogP contribution is 2.60. The summed E-state index contributed by atoms with van der Waals surface area (Å²) in [5.74, 6) is -0.368. The summed E-state index contributed by atoms with van der Waals surface area (Å²) in [4.78, 5) is 27.5. The lowest BCUT2D eigenvalue weighted by Gasteiger charge is -2.70. The second-order valence-electron chi connectivity index (χ2n) is 10.8. The van der Waals surface area contributed by atoms with E-state index in [9.17, 15) is 19.1 Å². The van der Waals surface area contributed by atoms with E-state index >= 15 is 0 Å². The number of fused-ring (bicyclic) bond motifs is 1. The SMILES string of the molecule is O=C(COc1ccc(Cl)c(F)c1)NC12CC(NC(=O)[C@H]3CN(CC4(O)CC4)c4cc(Cl)ccc4O3)(C1)C2. The molecule has 8 nitrogen and oxygen atoms in total. The Kier molecular flexibility index (Phi) is 5.74. The van der Waals surface area contributed by atoms with Crippen molar-refractivity contribution in [3.05, 3.63) is 52.3 Å². The number of rotatable bonds is 8. The van der Waals surface area contributed by atoms with Crippen molar-refractivity contribution in [3.63, 3.8) is 0 Å². The maximum absolute atomic E-state index is 13.5. The molecule has 196 valence electrons. The van der Waals surface area contributed by atoms with Gasteiger partial charge in [-0.3, -0.25) is 9.59 Å². The Balaban J connectivity index is 1.02. The largest absolute Gasteiger partial charge is 0.484 e. The summed E-state index contributed by atoms with van der Waals surface area (Å²) in [6.45, 7) is 0.476. The molecule has 1 heterocycles. The monoisotopic (exact) mass is 549 g/mol. The Hall–Kier alpha value is -2.75. The van der Waals surface area contributed by atoms with E-state index in [4.69, 9.17) is 32.7 Å². The maximum atomic E-state index is 13.5. The van der Waals surface area contributed by atoms with E-state index in [2.05, 4.69) is 10.6 Å². The molecule has 0 saturated heterocycles. The lowest BCUT2D eigenvalue weighted by atomic mass is 9.44. The van der Waals surface area contributed by atoms with Gasteiger partial charge in [0.2, 0.25) is 0 Å². The van der Waals surface area contributed by atoms with Crippen LogP contribution in [0.1, 0.15) is 32.1 Å². The Morgan fingerprint density at radius 3 is 2.54 bits per heavy atom. The Labute approximate surface area is 223 Å². The second kappa shape index (κ2) is 8.64. The van der Waals surface area contributed by atoms with E-state index in [-0.39, 0.29) is 40.3 Å². The van der Waals surface area contributed by atoms with Crippen LogP contribution in [-0.2, 0) is 9.59 Å². The van der Waals surface area contributed by atoms with Crippen molar-refractivity contribution in [3.8, 4) is 11.5 Å². The fourth-order valence-corrected chi connectivity index (χ4v) is 6.00. The predicted molar refractivity (Wildman–Crippen MR) is 135 cm³/mol. The van der Waals surface area contributed by atoms with Crippen LogP contribution < -0.4 is 25.0 Å². The second-order valence-corrected chi connectivity index (χ2v) is 11.7. The van der Waals surface area contributed by atoms with Crippen LogP contribution in [0.5, 0.6) is 11.5 Å². The summed E-state index contributed by atoms with van der Waals surface area (Å²) >= 11 is 11.8. The minimum absolute atomic E-state index is 0.0156. The number of benzene rings is 2. The van der Waals surface area contributed by atoms with E-state index in [0.717, 1.165) is 24.6 Å². The summed E-state index contributed by atoms with van der Waals surface area (Å²) in [6, 6.07) is 9.24. The lowest BCUT2D eigenvalue weighted by Crippen LogP contribution is -2.84. The first kappa shape index (κ1) is 24.6. The standard InChI is InChI=1S/C26H26Cl2FN3O5/c27-15-1-4-20-19(7-15)32(14-26(35)5-6-26)9-21(37-20)23(34)31-25-11-24(12-25,13-25)30-22(33)10-36-16-2-3-17(28)18(29)8-16/h1-4,7-8,21,35H,5-6,9-14H2,(H,30,33)(H,31,34)/t21-,24?,25?/m1/s1. The van der Waals surface area contributed by atoms with Crippen LogP contribution in [0.4, 0.5) is 10.1 Å². The number of hydrogen-bond donors (Lipinski definition) is 3. The molecule has 7 rings (SSSR count). The number of β-amino-alcohol motifs (C(OH)–C–C–N with tert-alkyl or cyclic N) is 1. The predicted octanol–water partition coefficient (Wildman–Crippen LogP) is 3.21. The third kappa shape index (κ3) is 4.80. The van der Waals surface area contributed by atoms with Crippen LogP contribution in [0.15, 0.2) is 36.4 Å². The van der Waals surface area contributed by atoms with Gasteiger partial charge in [0, 0.05) is 28.7 Å². The van der Waals surface area contributed by atoms with Gasteiger partial charge in [-0.2, -0.15) is 0 Å². The van der Waals surface area contributed by atoms with Gasteiger partial charge in [-0.1, -0.05) is 23.2 Å². The van der Waals surface area contributed by atoms with Crippen LogP contribution in [0.2, 0.25) is 10.0 Å². The van der Waals surface area contributed by atoms with Crippen molar-refractivity contribution in [2.24, 2.45) is 0 Å². The maximum Gasteiger partial charge on any atom is 0.263 e. The molecular weight excluding hydrogens is 524 g/mol. The molecule has 2 bridgehead atoms. The molecule has 2 amide bonds. The Morgan fingerprint density at radius 1 is 1.11 bits per heavy atom. The first-order chi connectivity index (χ1) is 17.5. The molecule has 0 aromatic heterocycles. The number of carbonyl (C=O) groups excluding carboxylic acids is 2. The number of nitrogens with zero attached hydrogens (tertiary/aromatic N) is 1. The summed E-state index contributed by atoms with van der Waals surface area (Å²) in [7, 11) is 0. The zero-order chi connectivity index (χ0) is 26.0. The van der Waals surface area contributed by atoms with Crippen LogP contribution in [0.25, 0.3) is 0 Å². The molecular formula is C26H26Cl2FN3O5. The van der Waals surface area contributed by atoms with Crippen LogP contribution in [0.3, 0.4) is 0 Å². The minimum Gasteiger partial charge on any atom is -0.484 e. The van der Waals surface area contributed by atoms with Crippen LogP contribution in [0, 0.1) is 5.82 Å². The van der Waals surface area contributed by atoms with Gasteiger partial charge in [0.05, 0.1) is 22.9 Å². The smallest absolute Gasteiger partial charge is 0.263 e. The van der Waals surface area contributed by atoms with E-state index in [1.807, 2.05) is 4.90 Å². The van der Waals surface area contributed by atoms with E-state index < -0.39 is 17.5 Å². The number of amides is 2. The molecule has 0 unspecified atom stereocenters. The molecule has 0 radical (unpaired) electrons. The summed E-state index contributed by atoms with van der Waals surface area (Å²) in [5.41, 5.74) is -0.695. The van der Waals surface area contributed by atoms with Crippen molar-refractivity contribution in [2.75, 3.05) is 24.6 Å². The molecule has 2 aromatic rings. The normalized spacial score (nSPS) is 28.1. The highest BCUT2D eigenvalue weighted by molar-refractivity contribution is 6.31. The Morgan fingerprint density at radius 2 is 1.84 bits per heavy atom. The third-order valence-electron chi connectivity index (χ3n) is 7.61. The van der Waals surface area contributed by atoms with Crippen LogP contribution in [-0.4, -0.2) is 59.4 Å². The zero-order valence-electron chi connectivity index (χ0n) is 19.9. The van der Waals surface area contributed by atoms with Gasteiger partial charge in [0.1, 0.15) is 17.3 Å². The average molecular weight is 550 g/mol. The van der Waals surface area contributed by atoms with Gasteiger partial charge in [0.25, 0.3) is 11.8 Å². The molecule has 2 aromatic carbocycles. The molecule has 0 spiro atoms. The Bertz CT molecular complexity index is 1270. The number of ether oxygens (including phenoxy) is 2. The minimum atomic E-state index is -0.734. The van der Waals surface area contributed by atoms with Crippen LogP contribution >= 0.6 is 23.2 Å². The lowest BCUT2D eigenvalue weighted by molar-refractivity contribution is -0.153. The van der Waals surface area contributed by atoms with Crippen molar-refractivity contribution in [1.82, 2.24) is 10.6 Å². The number of halogens is 3. The zero-order valence-corrected chi connectivity index (χ0v) is 21.4. The molecule has 3 N–H and O–H groups in total. The molecule has 5 aliphatic rings. The molecule has 1 atom stereocenters. The number of aliphatic hydroxyl groups is 1. The first-order valence-corrected chi connectivity index (χ1v) is 13.0. The molecule has 4 saturated carbocycles. The fourth-order valence-electron chi connectivity index (χ4n) is 5.71. The average Bonchev–Trinajstić information content (AvgIpc) is 3.54. The number of carbonyl (C=O) groups is 2. The summed E-state index contributed by atoms with van der Waals surface area (Å²) in [6.07, 6.45) is 2.59. The molecule has 4 fully saturated rings. The van der Waals surface area contributed by atoms with Gasteiger partial charge in [-0.15, -0.1) is 0 Å². The summed E-state index contributed by atoms with van der Waals surface area (Å²) < 4.78 is 24.9. The quantitative estimate of drug-likeness (QED) is 0.467. The van der Waals surface area contributed by atoms with Crippen molar-refractivity contribution in [2.45, 2.75) is 54.9 Å². The van der Waals surface area contributed by atoms with Crippen molar-refractivity contribution in [1.29, 1.82) is 0 Å². The van der Waals surface area contributed by atoms with Gasteiger partial charge >= 0.3 is 0 Å². The van der Waals surface area contributed by atoms with E-state index in [1.165, 1.54) is 12.1 Å². The third-order valence-corrected chi connectivity index (χ3v) is 8.15. The first-order valence-electron chi connectivity index (χ1n) is 12.2.